The maximum Gasteiger partial charge on any atom is 0.255 e. The van der Waals surface area contributed by atoms with Crippen molar-refractivity contribution in [2.45, 2.75) is 17.1 Å². The van der Waals surface area contributed by atoms with Crippen molar-refractivity contribution in [3.63, 3.8) is 0 Å². The molecule has 0 spiro atoms. The molecule has 3 heterocycles. The van der Waals surface area contributed by atoms with Crippen molar-refractivity contribution in [3.8, 4) is 16.8 Å². The van der Waals surface area contributed by atoms with Gasteiger partial charge in [-0.3, -0.25) is 9.36 Å². The number of pyridine rings is 1. The lowest BCUT2D eigenvalue weighted by atomic mass is 9.93. The lowest BCUT2D eigenvalue weighted by molar-refractivity contribution is 0.370. The van der Waals surface area contributed by atoms with Gasteiger partial charge in [-0.25, -0.2) is 12.8 Å². The molecule has 7 nitrogen and oxygen atoms in total. The van der Waals surface area contributed by atoms with Gasteiger partial charge >= 0.3 is 0 Å². The third kappa shape index (κ3) is 5.01. The highest BCUT2D eigenvalue weighted by Gasteiger charge is 2.20. The zero-order valence-corrected chi connectivity index (χ0v) is 22.6. The standard InChI is InChI=1S/C31H26FN3O4S/c1-34-15-12-22(13-16-34)28-19-23(21-2-6-25(32)7-3-21)4-9-30(28)35-29-10-8-27(18-24(29)5-11-31(35)36)40(37,38)20-26-14-17-39-33-26/h2-12,14,17-19H,13,15-16,20H2,1H3. The Hall–Kier alpha value is -4.34. The number of hydrogen-bond donors (Lipinski definition) is 0. The van der Waals surface area contributed by atoms with Crippen LogP contribution in [0.1, 0.15) is 17.7 Å². The van der Waals surface area contributed by atoms with Crippen LogP contribution in [0.15, 0.2) is 105 Å². The molecule has 0 atom stereocenters. The van der Waals surface area contributed by atoms with Gasteiger partial charge in [0.15, 0.2) is 9.84 Å². The van der Waals surface area contributed by atoms with E-state index in [4.69, 9.17) is 4.52 Å². The first-order chi connectivity index (χ1) is 19.3. The van der Waals surface area contributed by atoms with Crippen molar-refractivity contribution in [1.29, 1.82) is 0 Å². The molecule has 6 rings (SSSR count). The molecule has 0 amide bonds. The van der Waals surface area contributed by atoms with E-state index in [9.17, 15) is 17.6 Å². The van der Waals surface area contributed by atoms with E-state index in [1.54, 1.807) is 34.9 Å². The van der Waals surface area contributed by atoms with E-state index < -0.39 is 9.84 Å². The molecule has 0 radical (unpaired) electrons. The SMILES string of the molecule is CN1CC=C(c2cc(-c3ccc(F)cc3)ccc2-n2c(=O)ccc3cc(S(=O)(=O)Cc4ccon4)ccc32)CC1. The summed E-state index contributed by atoms with van der Waals surface area (Å²) in [6, 6.07) is 21.6. The van der Waals surface area contributed by atoms with Gasteiger partial charge in [0.1, 0.15) is 17.8 Å². The summed E-state index contributed by atoms with van der Waals surface area (Å²) in [5.41, 5.74) is 5.20. The molecule has 1 aliphatic rings. The Labute approximate surface area is 230 Å². The van der Waals surface area contributed by atoms with E-state index in [0.717, 1.165) is 41.8 Å². The minimum absolute atomic E-state index is 0.137. The number of halogens is 1. The number of nitrogens with zero attached hydrogens (tertiary/aromatic N) is 3. The van der Waals surface area contributed by atoms with E-state index in [-0.39, 0.29) is 22.0 Å². The topological polar surface area (TPSA) is 85.4 Å². The fourth-order valence-corrected chi connectivity index (χ4v) is 6.37. The second-order valence-electron chi connectivity index (χ2n) is 9.96. The third-order valence-electron chi connectivity index (χ3n) is 7.23. The molecular weight excluding hydrogens is 529 g/mol. The molecule has 202 valence electrons. The summed E-state index contributed by atoms with van der Waals surface area (Å²) >= 11 is 0. The van der Waals surface area contributed by atoms with Gasteiger partial charge in [-0.2, -0.15) is 0 Å². The first-order valence-electron chi connectivity index (χ1n) is 12.8. The average Bonchev–Trinajstić information content (AvgIpc) is 3.46. The largest absolute Gasteiger partial charge is 0.364 e. The van der Waals surface area contributed by atoms with Crippen LogP contribution in [-0.2, 0) is 15.6 Å². The summed E-state index contributed by atoms with van der Waals surface area (Å²) in [7, 11) is -1.62. The molecule has 3 aromatic carbocycles. The van der Waals surface area contributed by atoms with Crippen molar-refractivity contribution in [3.05, 3.63) is 119 Å². The summed E-state index contributed by atoms with van der Waals surface area (Å²) < 4.78 is 46.1. The molecule has 2 aromatic heterocycles. The molecule has 0 saturated carbocycles. The van der Waals surface area contributed by atoms with Gasteiger partial charge in [0.2, 0.25) is 0 Å². The number of hydrogen-bond acceptors (Lipinski definition) is 6. The Balaban J connectivity index is 1.50. The summed E-state index contributed by atoms with van der Waals surface area (Å²) in [4.78, 5) is 15.7. The number of fused-ring (bicyclic) bond motifs is 1. The molecule has 0 unspecified atom stereocenters. The van der Waals surface area contributed by atoms with E-state index in [1.807, 2.05) is 18.2 Å². The molecule has 40 heavy (non-hydrogen) atoms. The second kappa shape index (κ2) is 10.3. The van der Waals surface area contributed by atoms with E-state index in [1.165, 1.54) is 36.6 Å². The maximum atomic E-state index is 13.6. The molecule has 0 N–H and O–H groups in total. The van der Waals surface area contributed by atoms with Gasteiger partial charge in [0.25, 0.3) is 5.56 Å². The number of benzene rings is 3. The van der Waals surface area contributed by atoms with Crippen molar-refractivity contribution >= 4 is 26.3 Å². The molecule has 0 bridgehead atoms. The van der Waals surface area contributed by atoms with Crippen molar-refractivity contribution < 1.29 is 17.3 Å². The van der Waals surface area contributed by atoms with E-state index >= 15 is 0 Å². The molecular formula is C31H26FN3O4S. The predicted octanol–water partition coefficient (Wildman–Crippen LogP) is 5.48. The van der Waals surface area contributed by atoms with Gasteiger partial charge in [0.05, 0.1) is 21.8 Å². The first-order valence-corrected chi connectivity index (χ1v) is 14.5. The zero-order chi connectivity index (χ0) is 27.9. The lowest BCUT2D eigenvalue weighted by Gasteiger charge is -2.25. The van der Waals surface area contributed by atoms with Crippen molar-refractivity contribution in [1.82, 2.24) is 14.6 Å². The van der Waals surface area contributed by atoms with Crippen LogP contribution in [0.5, 0.6) is 0 Å². The Morgan fingerprint density at radius 2 is 1.75 bits per heavy atom. The Kier molecular flexibility index (Phi) is 6.69. The first kappa shape index (κ1) is 25.9. The minimum atomic E-state index is -3.68. The highest BCUT2D eigenvalue weighted by Crippen LogP contribution is 2.33. The van der Waals surface area contributed by atoms with Crippen LogP contribution in [0, 0.1) is 5.82 Å². The maximum absolute atomic E-state index is 13.6. The van der Waals surface area contributed by atoms with Gasteiger partial charge in [-0.1, -0.05) is 29.4 Å². The van der Waals surface area contributed by atoms with Crippen LogP contribution >= 0.6 is 0 Å². The molecule has 5 aromatic rings. The Morgan fingerprint density at radius 1 is 0.950 bits per heavy atom. The van der Waals surface area contributed by atoms with Gasteiger partial charge in [-0.15, -0.1) is 0 Å². The summed E-state index contributed by atoms with van der Waals surface area (Å²) in [5.74, 6) is -0.588. The minimum Gasteiger partial charge on any atom is -0.364 e. The fourth-order valence-electron chi connectivity index (χ4n) is 5.08. The van der Waals surface area contributed by atoms with Crippen LogP contribution < -0.4 is 5.56 Å². The molecule has 9 heteroatoms. The summed E-state index contributed by atoms with van der Waals surface area (Å²) in [6.07, 6.45) is 4.31. The van der Waals surface area contributed by atoms with E-state index in [0.29, 0.717) is 22.3 Å². The number of sulfone groups is 1. The highest BCUT2D eigenvalue weighted by molar-refractivity contribution is 7.90. The van der Waals surface area contributed by atoms with E-state index in [2.05, 4.69) is 23.2 Å². The quantitative estimate of drug-likeness (QED) is 0.276. The van der Waals surface area contributed by atoms with Crippen molar-refractivity contribution in [2.75, 3.05) is 20.1 Å². The number of likely N-dealkylation sites (N-methyl/N-ethyl adjacent to an activating group) is 1. The third-order valence-corrected chi connectivity index (χ3v) is 8.88. The van der Waals surface area contributed by atoms with Gasteiger partial charge in [0, 0.05) is 36.2 Å². The van der Waals surface area contributed by atoms with Crippen LogP contribution in [0.2, 0.25) is 0 Å². The molecule has 0 aliphatic carbocycles. The predicted molar refractivity (Wildman–Crippen MR) is 152 cm³/mol. The Morgan fingerprint density at radius 3 is 2.48 bits per heavy atom. The fraction of sp³-hybridized carbons (Fsp3) is 0.161. The van der Waals surface area contributed by atoms with Crippen LogP contribution in [0.4, 0.5) is 4.39 Å². The normalized spacial score (nSPS) is 14.4. The zero-order valence-electron chi connectivity index (χ0n) is 21.7. The van der Waals surface area contributed by atoms with Crippen LogP contribution in [0.25, 0.3) is 33.3 Å². The summed E-state index contributed by atoms with van der Waals surface area (Å²) in [6.45, 7) is 1.66. The van der Waals surface area contributed by atoms with Gasteiger partial charge < -0.3 is 9.42 Å². The summed E-state index contributed by atoms with van der Waals surface area (Å²) in [5, 5.41) is 4.34. The monoisotopic (exact) mass is 555 g/mol. The number of aromatic nitrogens is 2. The highest BCUT2D eigenvalue weighted by atomic mass is 32.2. The Bertz CT molecular complexity index is 1910. The van der Waals surface area contributed by atoms with Crippen LogP contribution in [0.3, 0.4) is 0 Å². The molecule has 0 fully saturated rings. The lowest BCUT2D eigenvalue weighted by Crippen LogP contribution is -2.24. The van der Waals surface area contributed by atoms with Crippen molar-refractivity contribution in [2.24, 2.45) is 0 Å². The van der Waals surface area contributed by atoms with Gasteiger partial charge in [-0.05, 0) is 78.7 Å². The van der Waals surface area contributed by atoms with Crippen LogP contribution in [-0.4, -0.2) is 43.2 Å². The number of rotatable bonds is 6. The molecule has 0 saturated heterocycles. The average molecular weight is 556 g/mol. The second-order valence-corrected chi connectivity index (χ2v) is 11.9. The smallest absolute Gasteiger partial charge is 0.255 e. The molecule has 1 aliphatic heterocycles.